The molecule has 7 nitrogen and oxygen atoms in total. The molecular formula is C19H19F3IN3O4S. The monoisotopic (exact) mass is 569 g/mol. The molecule has 0 radical (unpaired) electrons. The summed E-state index contributed by atoms with van der Waals surface area (Å²) in [6.45, 7) is -0.334. The molecule has 0 bridgehead atoms. The van der Waals surface area contributed by atoms with Crippen molar-refractivity contribution in [1.82, 2.24) is 5.48 Å². The summed E-state index contributed by atoms with van der Waals surface area (Å²) in [5, 5.41) is 14.8. The normalized spacial score (nSPS) is 11.0. The minimum atomic E-state index is -1.42. The lowest BCUT2D eigenvalue weighted by Crippen LogP contribution is -2.26. The van der Waals surface area contributed by atoms with Gasteiger partial charge in [0.25, 0.3) is 5.91 Å². The van der Waals surface area contributed by atoms with E-state index >= 15 is 0 Å². The second-order valence-corrected chi connectivity index (χ2v) is 8.06. The molecule has 2 rings (SSSR count). The first-order valence-corrected chi connectivity index (χ1v) is 11.3. The SMILES string of the molecule is CSCCO/N=C/c1cc(C(=O)NOCCO)c(Nc2ccc(I)cc2F)c(F)c1F. The Morgan fingerprint density at radius 1 is 1.26 bits per heavy atom. The zero-order valence-electron chi connectivity index (χ0n) is 16.3. The average Bonchev–Trinajstić information content (AvgIpc) is 2.74. The highest BCUT2D eigenvalue weighted by Gasteiger charge is 2.23. The van der Waals surface area contributed by atoms with Gasteiger partial charge in [-0.25, -0.2) is 18.7 Å². The van der Waals surface area contributed by atoms with Crippen molar-refractivity contribution in [1.29, 1.82) is 0 Å². The van der Waals surface area contributed by atoms with Gasteiger partial charge in [0.2, 0.25) is 0 Å². The molecule has 0 heterocycles. The third kappa shape index (κ3) is 7.26. The Hall–Kier alpha value is -2.03. The number of oxime groups is 1. The Balaban J connectivity index is 2.43. The van der Waals surface area contributed by atoms with Crippen LogP contribution < -0.4 is 10.8 Å². The molecule has 0 saturated heterocycles. The molecule has 0 fully saturated rings. The minimum Gasteiger partial charge on any atom is -0.395 e. The topological polar surface area (TPSA) is 92.2 Å². The van der Waals surface area contributed by atoms with Gasteiger partial charge in [0.1, 0.15) is 12.4 Å². The van der Waals surface area contributed by atoms with Crippen molar-refractivity contribution in [3.63, 3.8) is 0 Å². The van der Waals surface area contributed by atoms with Crippen molar-refractivity contribution < 1.29 is 32.7 Å². The molecule has 0 aliphatic heterocycles. The Labute approximate surface area is 194 Å². The third-order valence-corrected chi connectivity index (χ3v) is 4.92. The summed E-state index contributed by atoms with van der Waals surface area (Å²) < 4.78 is 44.3. The number of carbonyl (C=O) groups is 1. The van der Waals surface area contributed by atoms with Gasteiger partial charge < -0.3 is 15.3 Å². The summed E-state index contributed by atoms with van der Waals surface area (Å²) >= 11 is 3.41. The van der Waals surface area contributed by atoms with Crippen molar-refractivity contribution in [2.45, 2.75) is 0 Å². The van der Waals surface area contributed by atoms with Gasteiger partial charge in [0.05, 0.1) is 36.4 Å². The van der Waals surface area contributed by atoms with E-state index in [2.05, 4.69) is 10.5 Å². The Bertz CT molecular complexity index is 950. The number of aliphatic hydroxyl groups is 1. The van der Waals surface area contributed by atoms with Crippen LogP contribution in [0, 0.1) is 21.0 Å². The maximum Gasteiger partial charge on any atom is 0.277 e. The summed E-state index contributed by atoms with van der Waals surface area (Å²) in [4.78, 5) is 22.2. The first kappa shape index (κ1) is 25.2. The number of hydroxylamine groups is 1. The molecule has 0 aromatic heterocycles. The molecule has 0 unspecified atom stereocenters. The summed E-state index contributed by atoms with van der Waals surface area (Å²) in [6.07, 6.45) is 2.80. The van der Waals surface area contributed by atoms with E-state index in [0.717, 1.165) is 12.3 Å². The van der Waals surface area contributed by atoms with Crippen LogP contribution in [0.4, 0.5) is 24.5 Å². The number of nitrogens with one attached hydrogen (secondary N) is 2. The molecule has 0 aliphatic rings. The minimum absolute atomic E-state index is 0.161. The van der Waals surface area contributed by atoms with Gasteiger partial charge in [0, 0.05) is 14.9 Å². The predicted octanol–water partition coefficient (Wildman–Crippen LogP) is 3.82. The van der Waals surface area contributed by atoms with Crippen molar-refractivity contribution in [3.05, 3.63) is 56.4 Å². The van der Waals surface area contributed by atoms with Crippen LogP contribution in [0.2, 0.25) is 0 Å². The highest BCUT2D eigenvalue weighted by Crippen LogP contribution is 2.30. The van der Waals surface area contributed by atoms with Crippen LogP contribution in [-0.4, -0.2) is 49.1 Å². The van der Waals surface area contributed by atoms with Crippen LogP contribution in [0.3, 0.4) is 0 Å². The van der Waals surface area contributed by atoms with E-state index in [0.29, 0.717) is 9.32 Å². The molecule has 2 aromatic carbocycles. The van der Waals surface area contributed by atoms with Crippen molar-refractivity contribution >= 4 is 57.8 Å². The van der Waals surface area contributed by atoms with E-state index in [1.165, 1.54) is 23.9 Å². The van der Waals surface area contributed by atoms with Gasteiger partial charge in [0.15, 0.2) is 11.6 Å². The van der Waals surface area contributed by atoms with Gasteiger partial charge in [-0.2, -0.15) is 11.8 Å². The summed E-state index contributed by atoms with van der Waals surface area (Å²) in [5.74, 6) is -3.74. The van der Waals surface area contributed by atoms with Gasteiger partial charge >= 0.3 is 0 Å². The smallest absolute Gasteiger partial charge is 0.277 e. The van der Waals surface area contributed by atoms with Crippen LogP contribution in [-0.2, 0) is 9.68 Å². The molecule has 2 aromatic rings. The fourth-order valence-corrected chi connectivity index (χ4v) is 2.95. The fraction of sp³-hybridized carbons (Fsp3) is 0.263. The number of hydrogen-bond donors (Lipinski definition) is 3. The standard InChI is InChI=1S/C19H19F3IN3O4S/c1-31-7-6-29-24-10-11-8-13(19(28)26-30-5-4-27)18(17(22)16(11)21)25-15-3-2-12(23)9-14(15)20/h2-3,8-10,25,27H,4-7H2,1H3,(H,26,28)/b24-10+. The highest BCUT2D eigenvalue weighted by atomic mass is 127. The van der Waals surface area contributed by atoms with Gasteiger partial charge in [-0.3, -0.25) is 9.63 Å². The molecule has 0 atom stereocenters. The van der Waals surface area contributed by atoms with E-state index in [1.807, 2.05) is 34.3 Å². The van der Waals surface area contributed by atoms with Crippen LogP contribution in [0.25, 0.3) is 0 Å². The average molecular weight is 569 g/mol. The number of thioether (sulfide) groups is 1. The molecule has 31 heavy (non-hydrogen) atoms. The van der Waals surface area contributed by atoms with E-state index in [4.69, 9.17) is 14.8 Å². The van der Waals surface area contributed by atoms with Gasteiger partial charge in [-0.1, -0.05) is 5.16 Å². The largest absolute Gasteiger partial charge is 0.395 e. The summed E-state index contributed by atoms with van der Waals surface area (Å²) in [5.41, 5.74) is 0.517. The molecule has 12 heteroatoms. The van der Waals surface area contributed by atoms with Crippen molar-refractivity contribution in [2.75, 3.05) is 37.1 Å². The molecule has 0 spiro atoms. The number of aliphatic hydroxyl groups excluding tert-OH is 1. The second kappa shape index (κ2) is 12.7. The number of anilines is 2. The van der Waals surface area contributed by atoms with Gasteiger partial charge in [-0.05, 0) is 53.1 Å². The number of carbonyl (C=O) groups excluding carboxylic acids is 1. The van der Waals surface area contributed by atoms with E-state index < -0.39 is 29.0 Å². The molecular weight excluding hydrogens is 550 g/mol. The number of nitrogens with zero attached hydrogens (tertiary/aromatic N) is 1. The lowest BCUT2D eigenvalue weighted by Gasteiger charge is -2.15. The number of amides is 1. The number of rotatable bonds is 11. The zero-order valence-corrected chi connectivity index (χ0v) is 19.2. The van der Waals surface area contributed by atoms with E-state index in [-0.39, 0.29) is 36.6 Å². The van der Waals surface area contributed by atoms with Crippen LogP contribution >= 0.6 is 34.4 Å². The fourth-order valence-electron chi connectivity index (χ4n) is 2.25. The summed E-state index contributed by atoms with van der Waals surface area (Å²) in [6, 6.07) is 5.09. The van der Waals surface area contributed by atoms with Crippen LogP contribution in [0.1, 0.15) is 15.9 Å². The molecule has 3 N–H and O–H groups in total. The molecule has 168 valence electrons. The van der Waals surface area contributed by atoms with Crippen molar-refractivity contribution in [2.24, 2.45) is 5.16 Å². The van der Waals surface area contributed by atoms with Crippen molar-refractivity contribution in [3.8, 4) is 0 Å². The maximum absolute atomic E-state index is 14.9. The molecule has 0 saturated carbocycles. The Morgan fingerprint density at radius 2 is 2.03 bits per heavy atom. The number of benzene rings is 2. The number of halogens is 4. The predicted molar refractivity (Wildman–Crippen MR) is 121 cm³/mol. The van der Waals surface area contributed by atoms with E-state index in [9.17, 15) is 18.0 Å². The Kier molecular flexibility index (Phi) is 10.4. The second-order valence-electron chi connectivity index (χ2n) is 5.83. The Morgan fingerprint density at radius 3 is 2.71 bits per heavy atom. The van der Waals surface area contributed by atoms with Crippen LogP contribution in [0.5, 0.6) is 0 Å². The maximum atomic E-state index is 14.9. The van der Waals surface area contributed by atoms with Crippen LogP contribution in [0.15, 0.2) is 29.4 Å². The molecule has 1 amide bonds. The summed E-state index contributed by atoms with van der Waals surface area (Å²) in [7, 11) is 0. The lowest BCUT2D eigenvalue weighted by molar-refractivity contribution is 0.0168. The highest BCUT2D eigenvalue weighted by molar-refractivity contribution is 14.1. The third-order valence-electron chi connectivity index (χ3n) is 3.67. The zero-order chi connectivity index (χ0) is 22.8. The first-order chi connectivity index (χ1) is 14.9. The van der Waals surface area contributed by atoms with Gasteiger partial charge in [-0.15, -0.1) is 0 Å². The lowest BCUT2D eigenvalue weighted by atomic mass is 10.1. The number of hydrogen-bond acceptors (Lipinski definition) is 7. The first-order valence-electron chi connectivity index (χ1n) is 8.80. The van der Waals surface area contributed by atoms with E-state index in [1.54, 1.807) is 6.07 Å². The quantitative estimate of drug-likeness (QED) is 0.165. The molecule has 0 aliphatic carbocycles.